The number of fused-ring (bicyclic) bond motifs is 18. The summed E-state index contributed by atoms with van der Waals surface area (Å²) in [4.78, 5) is 45.0. The van der Waals surface area contributed by atoms with E-state index < -0.39 is 16.8 Å². The minimum atomic E-state index is -0.468. The van der Waals surface area contributed by atoms with Gasteiger partial charge in [0.1, 0.15) is 30.2 Å². The van der Waals surface area contributed by atoms with Crippen LogP contribution >= 0.6 is 0 Å². The summed E-state index contributed by atoms with van der Waals surface area (Å²) in [5.74, 6) is 11.8. The Kier molecular flexibility index (Phi) is 17.3. The summed E-state index contributed by atoms with van der Waals surface area (Å²) >= 11 is 0. The fourth-order valence-electron chi connectivity index (χ4n) is 26.8. The van der Waals surface area contributed by atoms with Crippen LogP contribution in [0.25, 0.3) is 33.0 Å². The Balaban J connectivity index is 0.000000115. The van der Waals surface area contributed by atoms with E-state index >= 15 is 0 Å². The van der Waals surface area contributed by atoms with Crippen LogP contribution in [-0.2, 0) is 34.0 Å². The first-order valence-corrected chi connectivity index (χ1v) is 39.0. The lowest BCUT2D eigenvalue weighted by atomic mass is 9.49. The third-order valence-electron chi connectivity index (χ3n) is 31.2. The van der Waals surface area contributed by atoms with Crippen molar-refractivity contribution in [3.8, 4) is 0 Å². The molecule has 16 heteroatoms. The number of nitrogens with zero attached hydrogens (tertiary/aromatic N) is 8. The number of ketones is 3. The molecule has 12 saturated carbocycles. The molecule has 4 heterocycles. The van der Waals surface area contributed by atoms with Gasteiger partial charge in [0, 0.05) is 40.9 Å². The molecule has 0 aliphatic heterocycles. The Hall–Kier alpha value is -5.32. The normalized spacial score (nSPS) is 42.8. The van der Waals surface area contributed by atoms with Gasteiger partial charge in [-0.15, -0.1) is 5.10 Å². The van der Waals surface area contributed by atoms with Gasteiger partial charge in [0.15, 0.2) is 23.0 Å². The third-order valence-corrected chi connectivity index (χ3v) is 31.2. The zero-order valence-corrected chi connectivity index (χ0v) is 59.4. The third kappa shape index (κ3) is 12.0. The summed E-state index contributed by atoms with van der Waals surface area (Å²) in [5, 5.41) is 50.7. The maximum atomic E-state index is 13.6. The van der Waals surface area contributed by atoms with Crippen molar-refractivity contribution in [1.82, 2.24) is 39.5 Å². The van der Waals surface area contributed by atoms with E-state index in [4.69, 9.17) is 0 Å². The van der Waals surface area contributed by atoms with E-state index in [1.165, 1.54) is 127 Å². The molecule has 2 aromatic carbocycles. The molecule has 0 saturated heterocycles. The molecule has 0 amide bonds. The molecule has 12 fully saturated rings. The Labute approximate surface area is 578 Å². The Morgan fingerprint density at radius 2 is 0.908 bits per heavy atom. The minimum absolute atomic E-state index is 0.0975. The number of halogens is 2. The number of aliphatic hydroxyl groups is 3. The summed E-state index contributed by atoms with van der Waals surface area (Å²) in [6.07, 6.45) is 36.0. The van der Waals surface area contributed by atoms with Crippen molar-refractivity contribution in [3.05, 3.63) is 78.8 Å². The molecule has 24 atom stereocenters. The van der Waals surface area contributed by atoms with E-state index in [1.807, 2.05) is 32.9 Å². The number of hydrogen-bond donors (Lipinski definition) is 3. The zero-order chi connectivity index (χ0) is 68.0. The second kappa shape index (κ2) is 25.3. The number of hydrogen-bond acceptors (Lipinski definition) is 11. The number of Topliss-reactive ketones (excluding diaryl/α,β-unsaturated/α-hetero) is 3. The van der Waals surface area contributed by atoms with Crippen LogP contribution in [0.2, 0.25) is 0 Å². The van der Waals surface area contributed by atoms with Crippen LogP contribution in [0.5, 0.6) is 0 Å². The standard InChI is InChI=1S/2C28H37FN2O2.C26H36N4O2/c1-27(33)11-9-20-17(14-27)3-5-22-21(20)10-12-28(2)23(22)6-7-24(28)26(32)16-31-15-18-13-19(29)4-8-25(18)30-31;1-27(33)11-9-20-17(14-27)3-5-22-21(20)10-12-28(2)23(22)6-7-24(28)26(32)16-31-25-8-4-19(29)13-18(25)15-30-31;1-25(32)11-9-17-16(14-25)5-6-19-18(17)10-12-26(2)20(19)7-8-21(26)23(31)15-30-24-22(28-29-30)4-3-13-27-24/h2*4,8,13,15,17,20-24,33H,3,5-7,9-12,14,16H2,1-2H3;3-4,13,16-21,32H,5-12,14-15H2,1-2H3/t2*17-,20+,21-,22-,23+,24-,27-,28+;16-,17+,18-,19-,20+,21-,25-,26+/m111/s1. The van der Waals surface area contributed by atoms with Crippen molar-refractivity contribution in [2.75, 3.05) is 0 Å². The number of benzene rings is 2. The highest BCUT2D eigenvalue weighted by Gasteiger charge is 2.62. The molecule has 98 heavy (non-hydrogen) atoms. The van der Waals surface area contributed by atoms with E-state index in [0.29, 0.717) is 58.5 Å². The van der Waals surface area contributed by atoms with Crippen LogP contribution in [0.15, 0.2) is 67.1 Å². The molecular weight excluding hydrogens is 1230 g/mol. The van der Waals surface area contributed by atoms with Crippen LogP contribution in [0, 0.1) is 134 Å². The van der Waals surface area contributed by atoms with Gasteiger partial charge in [-0.25, -0.2) is 18.4 Å². The minimum Gasteiger partial charge on any atom is -0.390 e. The number of pyridine rings is 1. The molecule has 3 N–H and O–H groups in total. The number of carbonyl (C=O) groups is 3. The van der Waals surface area contributed by atoms with Gasteiger partial charge in [0.05, 0.1) is 40.6 Å². The predicted octanol–water partition coefficient (Wildman–Crippen LogP) is 15.9. The molecule has 0 bridgehead atoms. The van der Waals surface area contributed by atoms with Gasteiger partial charge in [-0.1, -0.05) is 26.0 Å². The van der Waals surface area contributed by atoms with Crippen molar-refractivity contribution in [2.45, 2.75) is 251 Å². The molecule has 0 spiro atoms. The number of carbonyl (C=O) groups excluding carboxylic acids is 3. The first-order chi connectivity index (χ1) is 46.8. The van der Waals surface area contributed by atoms with Crippen molar-refractivity contribution >= 4 is 50.3 Å². The molecule has 12 aliphatic carbocycles. The predicted molar refractivity (Wildman–Crippen MR) is 373 cm³/mol. The van der Waals surface area contributed by atoms with Crippen molar-refractivity contribution in [3.63, 3.8) is 0 Å². The topological polar surface area (TPSA) is 191 Å². The molecule has 12 aliphatic rings. The van der Waals surface area contributed by atoms with Gasteiger partial charge in [0.25, 0.3) is 0 Å². The monoisotopic (exact) mass is 1340 g/mol. The highest BCUT2D eigenvalue weighted by Crippen LogP contribution is 2.68. The van der Waals surface area contributed by atoms with Gasteiger partial charge in [-0.2, -0.15) is 10.2 Å². The first-order valence-electron chi connectivity index (χ1n) is 39.0. The van der Waals surface area contributed by atoms with Crippen molar-refractivity contribution in [2.24, 2.45) is 123 Å². The largest absolute Gasteiger partial charge is 0.390 e. The van der Waals surface area contributed by atoms with Gasteiger partial charge < -0.3 is 15.3 Å². The molecule has 6 aromatic rings. The molecule has 0 unspecified atom stereocenters. The Morgan fingerprint density at radius 3 is 1.40 bits per heavy atom. The van der Waals surface area contributed by atoms with E-state index in [2.05, 4.69) is 46.3 Å². The second-order valence-electron chi connectivity index (χ2n) is 36.6. The van der Waals surface area contributed by atoms with E-state index in [1.54, 1.807) is 44.8 Å². The van der Waals surface area contributed by atoms with E-state index in [-0.39, 0.29) is 65.3 Å². The molecule has 4 aromatic heterocycles. The van der Waals surface area contributed by atoms with Gasteiger partial charge in [-0.3, -0.25) is 23.7 Å². The van der Waals surface area contributed by atoms with E-state index in [9.17, 15) is 38.5 Å². The van der Waals surface area contributed by atoms with Crippen LogP contribution in [-0.4, -0.2) is 89.0 Å². The van der Waals surface area contributed by atoms with Crippen LogP contribution < -0.4 is 0 Å². The van der Waals surface area contributed by atoms with Gasteiger partial charge >= 0.3 is 0 Å². The van der Waals surface area contributed by atoms with Crippen molar-refractivity contribution in [1.29, 1.82) is 0 Å². The summed E-state index contributed by atoms with van der Waals surface area (Å²) in [6.45, 7) is 14.2. The number of aromatic nitrogens is 8. The van der Waals surface area contributed by atoms with Crippen LogP contribution in [0.3, 0.4) is 0 Å². The Morgan fingerprint density at radius 1 is 0.469 bits per heavy atom. The highest BCUT2D eigenvalue weighted by molar-refractivity contribution is 5.86. The fraction of sp³-hybridized carbons (Fsp3) is 0.732. The highest BCUT2D eigenvalue weighted by atomic mass is 19.1. The maximum absolute atomic E-state index is 13.6. The van der Waals surface area contributed by atoms with E-state index in [0.717, 1.165) is 151 Å². The smallest absolute Gasteiger partial charge is 0.178 e. The lowest BCUT2D eigenvalue weighted by Gasteiger charge is -2.56. The first kappa shape index (κ1) is 67.2. The summed E-state index contributed by atoms with van der Waals surface area (Å²) in [6, 6.07) is 13.0. The van der Waals surface area contributed by atoms with Crippen molar-refractivity contribution < 1.29 is 38.5 Å². The molecule has 18 rings (SSSR count). The van der Waals surface area contributed by atoms with Crippen LogP contribution in [0.4, 0.5) is 8.78 Å². The molecule has 14 nitrogen and oxygen atoms in total. The van der Waals surface area contributed by atoms with Gasteiger partial charge in [0.2, 0.25) is 0 Å². The lowest BCUT2D eigenvalue weighted by molar-refractivity contribution is -0.133. The quantitative estimate of drug-likeness (QED) is 0.125. The second-order valence-corrected chi connectivity index (χ2v) is 36.6. The summed E-state index contributed by atoms with van der Waals surface area (Å²) in [7, 11) is 0. The van der Waals surface area contributed by atoms with Crippen LogP contribution in [0.1, 0.15) is 215 Å². The number of rotatable bonds is 9. The molecule has 528 valence electrons. The average molecular weight is 1340 g/mol. The summed E-state index contributed by atoms with van der Waals surface area (Å²) in [5.41, 5.74) is 1.95. The maximum Gasteiger partial charge on any atom is 0.178 e. The average Bonchev–Trinajstić information content (AvgIpc) is 1.54. The van der Waals surface area contributed by atoms with Gasteiger partial charge in [-0.05, 0) is 348 Å². The zero-order valence-electron chi connectivity index (χ0n) is 59.4. The molecule has 0 radical (unpaired) electrons. The Bertz CT molecular complexity index is 3980. The fourth-order valence-corrected chi connectivity index (χ4v) is 26.8. The SMILES string of the molecule is C[C@@]1(O)CC[C@H]2[C@H](CC[C@@H]3[C@@H]2CC[C@]2(C)[C@@H](C(=O)Cn4cc5cc(F)ccc5n4)CC[C@@H]32)C1.C[C@@]1(O)CC[C@H]2[C@H](CC[C@@H]3[C@@H]2CC[C@]2(C)[C@@H](C(=O)Cn4ncc5cc(F)ccc54)CC[C@@H]32)C1.C[C@@]1(O)CC[C@H]2[C@H](CC[C@@H]3[C@@H]2CC[C@]2(C)[C@@H](C(=O)Cn4nnc5cccnc54)CC[C@@H]32)C1. The summed E-state index contributed by atoms with van der Waals surface area (Å²) < 4.78 is 32.3. The molecular formula is C82H110F2N8O6. The lowest BCUT2D eigenvalue weighted by Crippen LogP contribution is -2.51.